The Morgan fingerprint density at radius 3 is 2.40 bits per heavy atom. The zero-order chi connectivity index (χ0) is 10.9. The van der Waals surface area contributed by atoms with Crippen LogP contribution in [0.15, 0.2) is 30.4 Å². The molecule has 2 rings (SSSR count). The smallest absolute Gasteiger partial charge is 0.00367 e. The molecule has 0 radical (unpaired) electrons. The van der Waals surface area contributed by atoms with Crippen LogP contribution in [0.3, 0.4) is 0 Å². The molecule has 1 aromatic rings. The van der Waals surface area contributed by atoms with Crippen LogP contribution in [0.2, 0.25) is 0 Å². The van der Waals surface area contributed by atoms with Gasteiger partial charge in [0.15, 0.2) is 0 Å². The van der Waals surface area contributed by atoms with Gasteiger partial charge in [-0.15, -0.1) is 0 Å². The Hall–Kier alpha value is -1.30. The van der Waals surface area contributed by atoms with Crippen LogP contribution < -0.4 is 0 Å². The Labute approximate surface area is 92.3 Å². The molecule has 0 aliphatic heterocycles. The van der Waals surface area contributed by atoms with Crippen molar-refractivity contribution in [2.75, 3.05) is 0 Å². The molecule has 0 N–H and O–H groups in total. The fourth-order valence-corrected chi connectivity index (χ4v) is 1.84. The normalized spacial score (nSPS) is 23.7. The maximum atomic E-state index is 2.31. The molecule has 15 heavy (non-hydrogen) atoms. The maximum absolute atomic E-state index is 2.31. The molecule has 1 aliphatic rings. The standard InChI is InChI=1S/C15H18/c1-4-15(3)9-7-13-6-5-12(2)11-14(13)8-10-15/h5-11H,4H2,1-3H3. The van der Waals surface area contributed by atoms with Gasteiger partial charge >= 0.3 is 0 Å². The van der Waals surface area contributed by atoms with Crippen molar-refractivity contribution >= 4 is 12.2 Å². The molecule has 1 unspecified atom stereocenters. The van der Waals surface area contributed by atoms with Crippen molar-refractivity contribution in [2.45, 2.75) is 27.2 Å². The van der Waals surface area contributed by atoms with Gasteiger partial charge in [0, 0.05) is 5.41 Å². The highest BCUT2D eigenvalue weighted by molar-refractivity contribution is 5.69. The van der Waals surface area contributed by atoms with Crippen molar-refractivity contribution < 1.29 is 0 Å². The summed E-state index contributed by atoms with van der Waals surface area (Å²) in [7, 11) is 0. The Bertz CT molecular complexity index is 424. The lowest BCUT2D eigenvalue weighted by Gasteiger charge is -2.17. The van der Waals surface area contributed by atoms with Crippen molar-refractivity contribution in [1.29, 1.82) is 0 Å². The highest BCUT2D eigenvalue weighted by Crippen LogP contribution is 2.31. The van der Waals surface area contributed by atoms with Crippen molar-refractivity contribution in [3.8, 4) is 0 Å². The number of hydrogen-bond acceptors (Lipinski definition) is 0. The van der Waals surface area contributed by atoms with Crippen LogP contribution in [0.25, 0.3) is 12.2 Å². The first-order valence-electron chi connectivity index (χ1n) is 5.62. The zero-order valence-corrected chi connectivity index (χ0v) is 9.75. The molecule has 0 amide bonds. The molecule has 0 aromatic heterocycles. The Morgan fingerprint density at radius 2 is 1.73 bits per heavy atom. The van der Waals surface area contributed by atoms with Crippen LogP contribution >= 0.6 is 0 Å². The molecular formula is C15H18. The minimum atomic E-state index is 0.215. The van der Waals surface area contributed by atoms with E-state index in [0.717, 1.165) is 6.42 Å². The summed E-state index contributed by atoms with van der Waals surface area (Å²) in [5.41, 5.74) is 4.21. The van der Waals surface area contributed by atoms with Gasteiger partial charge < -0.3 is 0 Å². The third kappa shape index (κ3) is 2.04. The Kier molecular flexibility index (Phi) is 2.52. The number of hydrogen-bond donors (Lipinski definition) is 0. The van der Waals surface area contributed by atoms with E-state index in [0.29, 0.717) is 0 Å². The second kappa shape index (κ2) is 3.69. The first-order valence-corrected chi connectivity index (χ1v) is 5.62. The molecule has 78 valence electrons. The lowest BCUT2D eigenvalue weighted by molar-refractivity contribution is 0.536. The Morgan fingerprint density at radius 1 is 1.07 bits per heavy atom. The number of rotatable bonds is 1. The summed E-state index contributed by atoms with van der Waals surface area (Å²) in [4.78, 5) is 0. The number of aryl methyl sites for hydroxylation is 1. The second-order valence-corrected chi connectivity index (χ2v) is 4.66. The topological polar surface area (TPSA) is 0 Å². The maximum Gasteiger partial charge on any atom is 0.00367 e. The molecule has 0 heteroatoms. The van der Waals surface area contributed by atoms with E-state index < -0.39 is 0 Å². The van der Waals surface area contributed by atoms with Gasteiger partial charge in [-0.2, -0.15) is 0 Å². The summed E-state index contributed by atoms with van der Waals surface area (Å²) in [5, 5.41) is 0. The van der Waals surface area contributed by atoms with Crippen LogP contribution in [-0.4, -0.2) is 0 Å². The average molecular weight is 198 g/mol. The molecule has 0 heterocycles. The van der Waals surface area contributed by atoms with Crippen LogP contribution in [0, 0.1) is 12.3 Å². The number of fused-ring (bicyclic) bond motifs is 1. The minimum absolute atomic E-state index is 0.215. The summed E-state index contributed by atoms with van der Waals surface area (Å²) in [6.45, 7) is 6.65. The first kappa shape index (κ1) is 10.2. The van der Waals surface area contributed by atoms with E-state index in [1.807, 2.05) is 0 Å². The Balaban J connectivity index is 2.49. The monoisotopic (exact) mass is 198 g/mol. The molecule has 0 bridgehead atoms. The summed E-state index contributed by atoms with van der Waals surface area (Å²) in [6, 6.07) is 6.62. The number of allylic oxidation sites excluding steroid dienone is 2. The SMILES string of the molecule is CCC1(C)C=Cc2ccc(C)cc2C=C1. The van der Waals surface area contributed by atoms with Crippen molar-refractivity contribution in [1.82, 2.24) is 0 Å². The van der Waals surface area contributed by atoms with E-state index >= 15 is 0 Å². The van der Waals surface area contributed by atoms with E-state index in [2.05, 4.69) is 63.3 Å². The zero-order valence-electron chi connectivity index (χ0n) is 9.75. The summed E-state index contributed by atoms with van der Waals surface area (Å²) in [6.07, 6.45) is 10.3. The van der Waals surface area contributed by atoms with E-state index in [1.54, 1.807) is 0 Å². The fraction of sp³-hybridized carbons (Fsp3) is 0.333. The highest BCUT2D eigenvalue weighted by Gasteiger charge is 2.16. The van der Waals surface area contributed by atoms with Crippen LogP contribution in [-0.2, 0) is 0 Å². The third-order valence-corrected chi connectivity index (χ3v) is 3.29. The molecule has 0 fully saturated rings. The van der Waals surface area contributed by atoms with Crippen LogP contribution in [0.1, 0.15) is 37.0 Å². The van der Waals surface area contributed by atoms with E-state index in [-0.39, 0.29) is 5.41 Å². The van der Waals surface area contributed by atoms with Gasteiger partial charge in [-0.25, -0.2) is 0 Å². The van der Waals surface area contributed by atoms with Gasteiger partial charge in [0.25, 0.3) is 0 Å². The van der Waals surface area contributed by atoms with E-state index in [4.69, 9.17) is 0 Å². The van der Waals surface area contributed by atoms with Gasteiger partial charge in [-0.05, 0) is 24.5 Å². The lowest BCUT2D eigenvalue weighted by atomic mass is 9.87. The summed E-state index contributed by atoms with van der Waals surface area (Å²) < 4.78 is 0. The predicted molar refractivity (Wildman–Crippen MR) is 67.6 cm³/mol. The van der Waals surface area contributed by atoms with Gasteiger partial charge in [0.2, 0.25) is 0 Å². The highest BCUT2D eigenvalue weighted by atomic mass is 14.2. The minimum Gasteiger partial charge on any atom is -0.0742 e. The summed E-state index contributed by atoms with van der Waals surface area (Å²) in [5.74, 6) is 0. The second-order valence-electron chi connectivity index (χ2n) is 4.66. The first-order chi connectivity index (χ1) is 7.13. The molecule has 0 spiro atoms. The van der Waals surface area contributed by atoms with Crippen LogP contribution in [0.5, 0.6) is 0 Å². The third-order valence-electron chi connectivity index (χ3n) is 3.29. The van der Waals surface area contributed by atoms with Gasteiger partial charge in [-0.1, -0.05) is 61.9 Å². The van der Waals surface area contributed by atoms with Crippen molar-refractivity contribution in [2.24, 2.45) is 5.41 Å². The van der Waals surface area contributed by atoms with Gasteiger partial charge in [0.1, 0.15) is 0 Å². The lowest BCUT2D eigenvalue weighted by Crippen LogP contribution is -2.05. The van der Waals surface area contributed by atoms with Crippen LogP contribution in [0.4, 0.5) is 0 Å². The van der Waals surface area contributed by atoms with Gasteiger partial charge in [-0.3, -0.25) is 0 Å². The molecule has 1 aromatic carbocycles. The van der Waals surface area contributed by atoms with Crippen molar-refractivity contribution in [3.05, 3.63) is 47.0 Å². The fourth-order valence-electron chi connectivity index (χ4n) is 1.84. The molecule has 1 aliphatic carbocycles. The summed E-state index contributed by atoms with van der Waals surface area (Å²) >= 11 is 0. The molecule has 0 saturated carbocycles. The van der Waals surface area contributed by atoms with Crippen molar-refractivity contribution in [3.63, 3.8) is 0 Å². The van der Waals surface area contributed by atoms with Gasteiger partial charge in [0.05, 0.1) is 0 Å². The molecule has 0 nitrogen and oxygen atoms in total. The molecule has 1 atom stereocenters. The number of benzene rings is 1. The molecular weight excluding hydrogens is 180 g/mol. The quantitative estimate of drug-likeness (QED) is 0.625. The predicted octanol–water partition coefficient (Wildman–Crippen LogP) is 4.45. The molecule has 0 saturated heterocycles. The van der Waals surface area contributed by atoms with E-state index in [9.17, 15) is 0 Å². The van der Waals surface area contributed by atoms with E-state index in [1.165, 1.54) is 16.7 Å². The largest absolute Gasteiger partial charge is 0.0742 e. The average Bonchev–Trinajstić information content (AvgIpc) is 2.40.